The summed E-state index contributed by atoms with van der Waals surface area (Å²) in [5, 5.41) is 0. The molecule has 1 aromatic rings. The molecule has 0 spiro atoms. The summed E-state index contributed by atoms with van der Waals surface area (Å²) >= 11 is 0. The summed E-state index contributed by atoms with van der Waals surface area (Å²) in [7, 11) is 1.80. The first-order valence-corrected chi connectivity index (χ1v) is 9.29. The Morgan fingerprint density at radius 1 is 1.31 bits per heavy atom. The number of nitrogens with zero attached hydrogens (tertiary/aromatic N) is 1. The van der Waals surface area contributed by atoms with Crippen molar-refractivity contribution in [1.82, 2.24) is 0 Å². The second-order valence-electron chi connectivity index (χ2n) is 8.40. The van der Waals surface area contributed by atoms with Crippen molar-refractivity contribution in [3.05, 3.63) is 42.0 Å². The molecule has 0 bridgehead atoms. The maximum absolute atomic E-state index is 12.9. The summed E-state index contributed by atoms with van der Waals surface area (Å²) in [6.07, 6.45) is 2.50. The highest BCUT2D eigenvalue weighted by atomic mass is 16.6. The molecule has 1 aliphatic rings. The quantitative estimate of drug-likeness (QED) is 0.562. The lowest BCUT2D eigenvalue weighted by Crippen LogP contribution is -2.42. The summed E-state index contributed by atoms with van der Waals surface area (Å²) in [4.78, 5) is 27.1. The zero-order valence-corrected chi connectivity index (χ0v) is 16.8. The van der Waals surface area contributed by atoms with Gasteiger partial charge < -0.3 is 9.64 Å². The number of carbonyl (C=O) groups excluding carboxylic acids is 2. The SMILES string of the molecule is C=CCC1C(=O)N(C)c2ccc(C(C)C)cc2C1CC(=O)OC(C)(C)C. The zero-order chi connectivity index (χ0) is 19.6. The van der Waals surface area contributed by atoms with Gasteiger partial charge in [-0.05, 0) is 50.3 Å². The number of esters is 1. The van der Waals surface area contributed by atoms with Crippen LogP contribution in [0.1, 0.15) is 70.4 Å². The van der Waals surface area contributed by atoms with Gasteiger partial charge in [-0.1, -0.05) is 32.1 Å². The summed E-state index contributed by atoms with van der Waals surface area (Å²) in [6, 6.07) is 6.20. The van der Waals surface area contributed by atoms with Crippen molar-refractivity contribution in [1.29, 1.82) is 0 Å². The first-order valence-electron chi connectivity index (χ1n) is 9.29. The van der Waals surface area contributed by atoms with E-state index in [9.17, 15) is 9.59 Å². The minimum absolute atomic E-state index is 0.0308. The van der Waals surface area contributed by atoms with Gasteiger partial charge in [-0.3, -0.25) is 9.59 Å². The minimum Gasteiger partial charge on any atom is -0.460 e. The predicted molar refractivity (Wildman–Crippen MR) is 105 cm³/mol. The third kappa shape index (κ3) is 4.35. The highest BCUT2D eigenvalue weighted by Gasteiger charge is 2.40. The molecule has 142 valence electrons. The number of carbonyl (C=O) groups is 2. The van der Waals surface area contributed by atoms with Crippen LogP contribution in [0.3, 0.4) is 0 Å². The zero-order valence-electron chi connectivity index (χ0n) is 16.8. The minimum atomic E-state index is -0.539. The summed E-state index contributed by atoms with van der Waals surface area (Å²) in [6.45, 7) is 13.7. The van der Waals surface area contributed by atoms with Crippen LogP contribution in [0, 0.1) is 5.92 Å². The van der Waals surface area contributed by atoms with Crippen LogP contribution in [-0.4, -0.2) is 24.5 Å². The highest BCUT2D eigenvalue weighted by Crippen LogP contribution is 2.43. The molecule has 0 saturated heterocycles. The van der Waals surface area contributed by atoms with Crippen molar-refractivity contribution < 1.29 is 14.3 Å². The van der Waals surface area contributed by atoms with Gasteiger partial charge >= 0.3 is 5.97 Å². The van der Waals surface area contributed by atoms with Crippen molar-refractivity contribution in [3.8, 4) is 0 Å². The van der Waals surface area contributed by atoms with E-state index in [1.165, 1.54) is 5.56 Å². The number of ether oxygens (including phenoxy) is 1. The molecule has 0 saturated carbocycles. The van der Waals surface area contributed by atoms with E-state index in [-0.39, 0.29) is 30.1 Å². The van der Waals surface area contributed by atoms with E-state index in [2.05, 4.69) is 32.6 Å². The van der Waals surface area contributed by atoms with Gasteiger partial charge in [-0.25, -0.2) is 0 Å². The molecule has 0 radical (unpaired) electrons. The molecule has 26 heavy (non-hydrogen) atoms. The largest absolute Gasteiger partial charge is 0.460 e. The lowest BCUT2D eigenvalue weighted by molar-refractivity contribution is -0.155. The van der Waals surface area contributed by atoms with Gasteiger partial charge in [0.1, 0.15) is 5.60 Å². The van der Waals surface area contributed by atoms with Crippen LogP contribution in [0.15, 0.2) is 30.9 Å². The standard InChI is InChI=1S/C22H31NO3/c1-8-9-16-17(13-20(24)26-22(4,5)6)18-12-15(14(2)3)10-11-19(18)23(7)21(16)25/h8,10-12,14,16-17H,1,9,13H2,2-7H3. The van der Waals surface area contributed by atoms with Crippen LogP contribution in [0.4, 0.5) is 5.69 Å². The number of hydrogen-bond donors (Lipinski definition) is 0. The first kappa shape index (κ1) is 20.2. The Balaban J connectivity index is 2.48. The second kappa shape index (κ2) is 7.65. The van der Waals surface area contributed by atoms with Crippen molar-refractivity contribution in [2.45, 2.75) is 64.9 Å². The molecule has 2 rings (SSSR count). The molecule has 1 heterocycles. The van der Waals surface area contributed by atoms with Gasteiger partial charge in [-0.2, -0.15) is 0 Å². The average Bonchev–Trinajstić information content (AvgIpc) is 2.53. The van der Waals surface area contributed by atoms with E-state index in [0.29, 0.717) is 12.3 Å². The van der Waals surface area contributed by atoms with Gasteiger partial charge in [0.2, 0.25) is 5.91 Å². The Morgan fingerprint density at radius 3 is 2.50 bits per heavy atom. The average molecular weight is 357 g/mol. The van der Waals surface area contributed by atoms with Crippen LogP contribution in [-0.2, 0) is 14.3 Å². The maximum Gasteiger partial charge on any atom is 0.306 e. The number of benzene rings is 1. The van der Waals surface area contributed by atoms with E-state index in [1.54, 1.807) is 18.0 Å². The summed E-state index contributed by atoms with van der Waals surface area (Å²) in [5.74, 6) is -0.346. The van der Waals surface area contributed by atoms with Crippen LogP contribution >= 0.6 is 0 Å². The van der Waals surface area contributed by atoms with E-state index < -0.39 is 5.60 Å². The van der Waals surface area contributed by atoms with Crippen molar-refractivity contribution in [2.24, 2.45) is 5.92 Å². The van der Waals surface area contributed by atoms with Crippen LogP contribution in [0.25, 0.3) is 0 Å². The van der Waals surface area contributed by atoms with Crippen molar-refractivity contribution in [3.63, 3.8) is 0 Å². The number of rotatable bonds is 5. The molecule has 0 N–H and O–H groups in total. The molecular formula is C22H31NO3. The molecule has 2 atom stereocenters. The Bertz CT molecular complexity index is 700. The molecule has 2 unspecified atom stereocenters. The first-order chi connectivity index (χ1) is 12.0. The number of amides is 1. The summed E-state index contributed by atoms with van der Waals surface area (Å²) in [5.41, 5.74) is 2.60. The molecule has 4 nitrogen and oxygen atoms in total. The Kier molecular flexibility index (Phi) is 5.94. The van der Waals surface area contributed by atoms with E-state index in [1.807, 2.05) is 26.8 Å². The van der Waals surface area contributed by atoms with Gasteiger partial charge in [-0.15, -0.1) is 6.58 Å². The Labute approximate surface area is 157 Å². The van der Waals surface area contributed by atoms with Crippen LogP contribution in [0.5, 0.6) is 0 Å². The lowest BCUT2D eigenvalue weighted by atomic mass is 9.76. The van der Waals surface area contributed by atoms with Gasteiger partial charge in [0.15, 0.2) is 0 Å². The third-order valence-electron chi connectivity index (χ3n) is 4.84. The summed E-state index contributed by atoms with van der Waals surface area (Å²) < 4.78 is 5.53. The molecule has 0 aliphatic carbocycles. The third-order valence-corrected chi connectivity index (χ3v) is 4.84. The van der Waals surface area contributed by atoms with E-state index in [0.717, 1.165) is 11.3 Å². The lowest BCUT2D eigenvalue weighted by Gasteiger charge is -2.38. The molecule has 0 fully saturated rings. The molecule has 4 heteroatoms. The maximum atomic E-state index is 12.9. The number of fused-ring (bicyclic) bond motifs is 1. The van der Waals surface area contributed by atoms with Crippen LogP contribution in [0.2, 0.25) is 0 Å². The van der Waals surface area contributed by atoms with Gasteiger partial charge in [0.05, 0.1) is 6.42 Å². The number of allylic oxidation sites excluding steroid dienone is 1. The van der Waals surface area contributed by atoms with Crippen LogP contribution < -0.4 is 4.90 Å². The molecule has 1 aliphatic heterocycles. The van der Waals surface area contributed by atoms with Crippen molar-refractivity contribution >= 4 is 17.6 Å². The van der Waals surface area contributed by atoms with E-state index >= 15 is 0 Å². The fourth-order valence-corrected chi connectivity index (χ4v) is 3.55. The van der Waals surface area contributed by atoms with Crippen molar-refractivity contribution in [2.75, 3.05) is 11.9 Å². The fourth-order valence-electron chi connectivity index (χ4n) is 3.55. The normalized spacial score (nSPS) is 20.1. The molecule has 1 aromatic carbocycles. The topological polar surface area (TPSA) is 46.6 Å². The van der Waals surface area contributed by atoms with E-state index in [4.69, 9.17) is 4.74 Å². The van der Waals surface area contributed by atoms with Gasteiger partial charge in [0.25, 0.3) is 0 Å². The molecule has 0 aromatic heterocycles. The predicted octanol–water partition coefficient (Wildman–Crippen LogP) is 4.79. The smallest absolute Gasteiger partial charge is 0.306 e. The Morgan fingerprint density at radius 2 is 1.96 bits per heavy atom. The fraction of sp³-hybridized carbons (Fsp3) is 0.545. The molecular weight excluding hydrogens is 326 g/mol. The Hall–Kier alpha value is -2.10. The highest BCUT2D eigenvalue weighted by molar-refractivity contribution is 5.99. The number of anilines is 1. The van der Waals surface area contributed by atoms with Gasteiger partial charge in [0, 0.05) is 24.6 Å². The monoisotopic (exact) mass is 357 g/mol. The number of hydrogen-bond acceptors (Lipinski definition) is 3. The second-order valence-corrected chi connectivity index (χ2v) is 8.40. The molecule has 1 amide bonds.